The van der Waals surface area contributed by atoms with Crippen LogP contribution in [0.5, 0.6) is 0 Å². The van der Waals surface area contributed by atoms with Crippen molar-refractivity contribution < 1.29 is 16.5 Å². The summed E-state index contributed by atoms with van der Waals surface area (Å²) in [7, 11) is 0. The Morgan fingerprint density at radius 1 is 0.489 bits per heavy atom. The fourth-order valence-corrected chi connectivity index (χ4v) is 5.85. The molecule has 5 heteroatoms. The second-order valence-electron chi connectivity index (χ2n) is 10.7. The Bertz CT molecular complexity index is 2280. The zero-order valence-corrected chi connectivity index (χ0v) is 24.9. The maximum Gasteiger partial charge on any atom is 2.00 e. The van der Waals surface area contributed by atoms with Gasteiger partial charge in [-0.05, 0) is 69.8 Å². The number of benzene rings is 3. The zero-order valence-electron chi connectivity index (χ0n) is 24.0. The number of nitrogens with zero attached hydrogens (tertiary/aromatic N) is 4. The van der Waals surface area contributed by atoms with Gasteiger partial charge in [0.25, 0.3) is 0 Å². The van der Waals surface area contributed by atoms with Crippen LogP contribution >= 0.6 is 0 Å². The Hall–Kier alpha value is -5.69. The van der Waals surface area contributed by atoms with Gasteiger partial charge in [0, 0.05) is 5.56 Å². The first-order valence-electron chi connectivity index (χ1n) is 14.4. The molecule has 2 aliphatic rings. The van der Waals surface area contributed by atoms with E-state index < -0.39 is 0 Å². The fraction of sp³-hybridized carbons (Fsp3) is 0. The fourth-order valence-electron chi connectivity index (χ4n) is 5.85. The minimum atomic E-state index is 0. The van der Waals surface area contributed by atoms with Gasteiger partial charge in [-0.3, -0.25) is 0 Å². The molecule has 0 amide bonds. The molecule has 5 heterocycles. The second kappa shape index (κ2) is 11.8. The summed E-state index contributed by atoms with van der Waals surface area (Å²) in [6, 6.07) is 38.8. The van der Waals surface area contributed by atoms with E-state index in [1.54, 1.807) is 0 Å². The van der Waals surface area contributed by atoms with Gasteiger partial charge < -0.3 is 9.97 Å². The van der Waals surface area contributed by atoms with Crippen molar-refractivity contribution in [2.75, 3.05) is 0 Å². The summed E-state index contributed by atoms with van der Waals surface area (Å²) in [5.74, 6) is 2.72. The van der Waals surface area contributed by atoms with E-state index >= 15 is 0 Å². The van der Waals surface area contributed by atoms with E-state index in [0.29, 0.717) is 0 Å². The predicted molar refractivity (Wildman–Crippen MR) is 181 cm³/mol. The molecule has 0 saturated heterocycles. The van der Waals surface area contributed by atoms with Crippen LogP contribution in [0.3, 0.4) is 0 Å². The van der Waals surface area contributed by atoms with Crippen LogP contribution in [-0.4, -0.2) is 9.97 Å². The van der Waals surface area contributed by atoms with Crippen molar-refractivity contribution >= 4 is 46.4 Å². The molecule has 0 radical (unpaired) electrons. The van der Waals surface area contributed by atoms with Crippen LogP contribution in [-0.2, 0) is 16.5 Å². The largest absolute Gasteiger partial charge is 2.00 e. The van der Waals surface area contributed by atoms with Crippen LogP contribution in [0.1, 0.15) is 28.3 Å². The Morgan fingerprint density at radius 3 is 1.56 bits per heavy atom. The van der Waals surface area contributed by atoms with Crippen LogP contribution in [0, 0.1) is 12.3 Å². The van der Waals surface area contributed by atoms with E-state index in [1.165, 1.54) is 0 Å². The molecule has 0 atom stereocenters. The van der Waals surface area contributed by atoms with E-state index in [1.807, 2.05) is 78.9 Å². The van der Waals surface area contributed by atoms with Crippen LogP contribution in [0.4, 0.5) is 0 Å². The second-order valence-corrected chi connectivity index (χ2v) is 10.7. The van der Waals surface area contributed by atoms with Crippen molar-refractivity contribution in [2.24, 2.45) is 0 Å². The minimum absolute atomic E-state index is 0. The third-order valence-electron chi connectivity index (χ3n) is 7.90. The molecule has 0 unspecified atom stereocenters. The zero-order chi connectivity index (χ0) is 29.5. The molecular weight excluding hydrogens is 595 g/mol. The van der Waals surface area contributed by atoms with Gasteiger partial charge >= 0.3 is 16.5 Å². The normalized spacial score (nSPS) is 11.6. The SMILES string of the molecule is C#Cc1ccc(-c2c3nc(c(-c4ccccc4)c4ccc(cc5nc(c(-c6ccccc6)c6ccc2[n-]6)C=C5)[n-]4)C=C3)cc1.[Ni+2]. The molecule has 0 spiro atoms. The van der Waals surface area contributed by atoms with E-state index in [2.05, 4.69) is 66.6 Å². The Labute approximate surface area is 271 Å². The summed E-state index contributed by atoms with van der Waals surface area (Å²) in [4.78, 5) is 20.5. The summed E-state index contributed by atoms with van der Waals surface area (Å²) >= 11 is 0. The first kappa shape index (κ1) is 28.1. The smallest absolute Gasteiger partial charge is 0.657 e. The molecule has 214 valence electrons. The van der Waals surface area contributed by atoms with Crippen molar-refractivity contribution in [3.8, 4) is 45.7 Å². The average molecular weight is 619 g/mol. The first-order chi connectivity index (χ1) is 21.7. The monoisotopic (exact) mass is 618 g/mol. The molecule has 4 nitrogen and oxygen atoms in total. The standard InChI is InChI=1S/C40H24N4.Ni/c1-2-26-13-15-29(16-14-26)40-36-23-21-34(43-36)38(27-9-5-3-6-10-27)32-19-17-30(41-32)25-31-18-20-33(42-31)39(28-11-7-4-8-12-28)35-22-24-37(40)44-35;/h1,3-25H;/q-2;+2. The third kappa shape index (κ3) is 5.23. The molecule has 0 N–H and O–H groups in total. The van der Waals surface area contributed by atoms with Gasteiger partial charge in [-0.15, -0.1) is 28.5 Å². The average Bonchev–Trinajstić information content (AvgIpc) is 3.90. The van der Waals surface area contributed by atoms with E-state index in [-0.39, 0.29) is 16.5 Å². The van der Waals surface area contributed by atoms with Gasteiger partial charge in [0.1, 0.15) is 0 Å². The summed E-state index contributed by atoms with van der Waals surface area (Å²) in [6.45, 7) is 0. The van der Waals surface area contributed by atoms with Gasteiger partial charge in [-0.25, -0.2) is 9.97 Å². The molecule has 8 bridgehead atoms. The summed E-state index contributed by atoms with van der Waals surface area (Å²) < 4.78 is 0. The van der Waals surface area contributed by atoms with E-state index in [4.69, 9.17) is 26.4 Å². The number of hydrogen-bond donors (Lipinski definition) is 0. The van der Waals surface area contributed by atoms with Gasteiger partial charge in [0.2, 0.25) is 0 Å². The molecular formula is C40H24N4Ni. The third-order valence-corrected chi connectivity index (χ3v) is 7.90. The minimum Gasteiger partial charge on any atom is -0.657 e. The Kier molecular flexibility index (Phi) is 7.35. The van der Waals surface area contributed by atoms with Gasteiger partial charge in [0.05, 0.1) is 22.8 Å². The van der Waals surface area contributed by atoms with Crippen LogP contribution in [0.2, 0.25) is 0 Å². The molecule has 2 aliphatic heterocycles. The van der Waals surface area contributed by atoms with Crippen LogP contribution in [0.25, 0.3) is 79.8 Å². The number of rotatable bonds is 3. The molecule has 8 rings (SSSR count). The summed E-state index contributed by atoms with van der Waals surface area (Å²) in [5.41, 5.74) is 13.5. The van der Waals surface area contributed by atoms with E-state index in [0.717, 1.165) is 83.8 Å². The van der Waals surface area contributed by atoms with Gasteiger partial charge in [0.15, 0.2) is 0 Å². The molecule has 0 aliphatic carbocycles. The van der Waals surface area contributed by atoms with Gasteiger partial charge in [-0.2, -0.15) is 0 Å². The quantitative estimate of drug-likeness (QED) is 0.147. The maximum absolute atomic E-state index is 5.69. The predicted octanol–water partition coefficient (Wildman–Crippen LogP) is 8.89. The van der Waals surface area contributed by atoms with Crippen LogP contribution in [0.15, 0.2) is 115 Å². The van der Waals surface area contributed by atoms with Crippen molar-refractivity contribution in [1.29, 1.82) is 0 Å². The Balaban J connectivity index is 0.00000325. The summed E-state index contributed by atoms with van der Waals surface area (Å²) in [6.07, 6.45) is 13.9. The van der Waals surface area contributed by atoms with Gasteiger partial charge in [-0.1, -0.05) is 109 Å². The van der Waals surface area contributed by atoms with Crippen LogP contribution < -0.4 is 9.97 Å². The first-order valence-corrected chi connectivity index (χ1v) is 14.4. The summed E-state index contributed by atoms with van der Waals surface area (Å²) in [5, 5.41) is 0. The topological polar surface area (TPSA) is 54.0 Å². The molecule has 3 aromatic carbocycles. The number of fused-ring (bicyclic) bond motifs is 8. The molecule has 0 fully saturated rings. The number of aromatic nitrogens is 4. The van der Waals surface area contributed by atoms with Crippen molar-refractivity contribution in [2.45, 2.75) is 0 Å². The van der Waals surface area contributed by atoms with Crippen molar-refractivity contribution in [3.63, 3.8) is 0 Å². The van der Waals surface area contributed by atoms with Crippen molar-refractivity contribution in [1.82, 2.24) is 19.9 Å². The Morgan fingerprint density at radius 2 is 0.978 bits per heavy atom. The maximum atomic E-state index is 5.69. The molecule has 6 aromatic rings. The number of terminal acetylenes is 1. The number of hydrogen-bond acceptors (Lipinski definition) is 2. The molecule has 0 saturated carbocycles. The molecule has 3 aromatic heterocycles. The van der Waals surface area contributed by atoms with E-state index in [9.17, 15) is 0 Å². The van der Waals surface area contributed by atoms with Crippen molar-refractivity contribution in [3.05, 3.63) is 144 Å². The molecule has 45 heavy (non-hydrogen) atoms.